The summed E-state index contributed by atoms with van der Waals surface area (Å²) in [4.78, 5) is 22.9. The van der Waals surface area contributed by atoms with Gasteiger partial charge in [0.2, 0.25) is 5.91 Å². The summed E-state index contributed by atoms with van der Waals surface area (Å²) in [5, 5.41) is 14.8. The number of furan rings is 1. The molecule has 104 valence electrons. The molecular weight excluding hydrogens is 248 g/mol. The van der Waals surface area contributed by atoms with Gasteiger partial charge < -0.3 is 20.2 Å². The van der Waals surface area contributed by atoms with E-state index in [2.05, 4.69) is 10.6 Å². The van der Waals surface area contributed by atoms with Gasteiger partial charge in [-0.1, -0.05) is 0 Å². The zero-order chi connectivity index (χ0) is 13.7. The maximum absolute atomic E-state index is 11.5. The van der Waals surface area contributed by atoms with Crippen LogP contribution in [0.15, 0.2) is 22.8 Å². The van der Waals surface area contributed by atoms with Crippen LogP contribution in [0.5, 0.6) is 0 Å². The van der Waals surface area contributed by atoms with Crippen LogP contribution >= 0.6 is 0 Å². The van der Waals surface area contributed by atoms with E-state index in [4.69, 9.17) is 4.42 Å². The lowest BCUT2D eigenvalue weighted by atomic mass is 10.2. The molecule has 1 atom stereocenters. The minimum Gasteiger partial charge on any atom is -0.459 e. The Hall–Kier alpha value is -1.82. The standard InChI is InChI=1S/C13H18N2O4/c16-10(9-3-4-9)8-15-12(17)5-6-14-13(18)11-2-1-7-19-11/h1-2,7,9-10,16H,3-6,8H2,(H,14,18)(H,15,17). The van der Waals surface area contributed by atoms with Crippen molar-refractivity contribution in [1.82, 2.24) is 10.6 Å². The molecule has 0 aliphatic heterocycles. The van der Waals surface area contributed by atoms with Gasteiger partial charge in [0, 0.05) is 19.5 Å². The number of carbonyl (C=O) groups is 2. The van der Waals surface area contributed by atoms with Crippen molar-refractivity contribution in [3.05, 3.63) is 24.2 Å². The summed E-state index contributed by atoms with van der Waals surface area (Å²) in [7, 11) is 0. The second-order valence-corrected chi connectivity index (χ2v) is 4.69. The predicted molar refractivity (Wildman–Crippen MR) is 67.4 cm³/mol. The lowest BCUT2D eigenvalue weighted by Gasteiger charge is -2.10. The molecule has 1 aromatic rings. The van der Waals surface area contributed by atoms with Crippen LogP contribution in [0.25, 0.3) is 0 Å². The van der Waals surface area contributed by atoms with Crippen molar-refractivity contribution in [2.24, 2.45) is 5.92 Å². The summed E-state index contributed by atoms with van der Waals surface area (Å²) >= 11 is 0. The fraction of sp³-hybridized carbons (Fsp3) is 0.538. The number of carbonyl (C=O) groups excluding carboxylic acids is 2. The minimum atomic E-state index is -0.443. The third-order valence-corrected chi connectivity index (χ3v) is 3.06. The van der Waals surface area contributed by atoms with E-state index in [-0.39, 0.29) is 37.1 Å². The molecule has 0 saturated heterocycles. The second kappa shape index (κ2) is 6.38. The van der Waals surface area contributed by atoms with Crippen molar-refractivity contribution in [3.8, 4) is 0 Å². The molecule has 6 heteroatoms. The van der Waals surface area contributed by atoms with Crippen LogP contribution in [0, 0.1) is 5.92 Å². The molecule has 19 heavy (non-hydrogen) atoms. The topological polar surface area (TPSA) is 91.6 Å². The highest BCUT2D eigenvalue weighted by Crippen LogP contribution is 2.32. The van der Waals surface area contributed by atoms with Gasteiger partial charge in [0.1, 0.15) is 0 Å². The van der Waals surface area contributed by atoms with E-state index in [9.17, 15) is 14.7 Å². The van der Waals surface area contributed by atoms with Crippen LogP contribution in [0.4, 0.5) is 0 Å². The summed E-state index contributed by atoms with van der Waals surface area (Å²) in [5.41, 5.74) is 0. The van der Waals surface area contributed by atoms with Gasteiger partial charge in [-0.25, -0.2) is 0 Å². The van der Waals surface area contributed by atoms with Crippen LogP contribution in [-0.2, 0) is 4.79 Å². The normalized spacial score (nSPS) is 15.8. The van der Waals surface area contributed by atoms with Crippen molar-refractivity contribution in [1.29, 1.82) is 0 Å². The Labute approximate surface area is 111 Å². The van der Waals surface area contributed by atoms with Crippen molar-refractivity contribution in [2.75, 3.05) is 13.1 Å². The Morgan fingerprint density at radius 3 is 2.84 bits per heavy atom. The van der Waals surface area contributed by atoms with Crippen molar-refractivity contribution >= 4 is 11.8 Å². The fourth-order valence-electron chi connectivity index (χ4n) is 1.74. The molecule has 1 aliphatic rings. The zero-order valence-electron chi connectivity index (χ0n) is 10.6. The third kappa shape index (κ3) is 4.40. The molecule has 0 radical (unpaired) electrons. The number of nitrogens with one attached hydrogen (secondary N) is 2. The molecule has 0 bridgehead atoms. The quantitative estimate of drug-likeness (QED) is 0.661. The van der Waals surface area contributed by atoms with Gasteiger partial charge in [-0.05, 0) is 30.9 Å². The smallest absolute Gasteiger partial charge is 0.286 e. The zero-order valence-corrected chi connectivity index (χ0v) is 10.6. The summed E-state index contributed by atoms with van der Waals surface area (Å²) < 4.78 is 4.92. The molecule has 1 saturated carbocycles. The highest BCUT2D eigenvalue weighted by molar-refractivity contribution is 5.91. The van der Waals surface area contributed by atoms with Gasteiger partial charge in [0.15, 0.2) is 5.76 Å². The maximum atomic E-state index is 11.5. The SMILES string of the molecule is O=C(CCNC(=O)c1ccco1)NCC(O)C1CC1. The van der Waals surface area contributed by atoms with E-state index >= 15 is 0 Å². The molecule has 0 aromatic carbocycles. The second-order valence-electron chi connectivity index (χ2n) is 4.69. The largest absolute Gasteiger partial charge is 0.459 e. The van der Waals surface area contributed by atoms with Crippen molar-refractivity contribution in [2.45, 2.75) is 25.4 Å². The van der Waals surface area contributed by atoms with E-state index in [1.54, 1.807) is 12.1 Å². The van der Waals surface area contributed by atoms with E-state index in [0.717, 1.165) is 12.8 Å². The summed E-state index contributed by atoms with van der Waals surface area (Å²) in [6.45, 7) is 0.528. The summed E-state index contributed by atoms with van der Waals surface area (Å²) in [6, 6.07) is 3.18. The first kappa shape index (κ1) is 13.6. The van der Waals surface area contributed by atoms with E-state index in [1.807, 2.05) is 0 Å². The van der Waals surface area contributed by atoms with Crippen molar-refractivity contribution < 1.29 is 19.1 Å². The van der Waals surface area contributed by atoms with Gasteiger partial charge in [0.25, 0.3) is 5.91 Å². The molecule has 1 unspecified atom stereocenters. The molecule has 2 amide bonds. The van der Waals surface area contributed by atoms with Gasteiger partial charge >= 0.3 is 0 Å². The maximum Gasteiger partial charge on any atom is 0.286 e. The number of hydrogen-bond acceptors (Lipinski definition) is 4. The first-order valence-electron chi connectivity index (χ1n) is 6.43. The number of aliphatic hydroxyl groups excluding tert-OH is 1. The lowest BCUT2D eigenvalue weighted by molar-refractivity contribution is -0.121. The molecule has 2 rings (SSSR count). The summed E-state index contributed by atoms with van der Waals surface area (Å²) in [5.74, 6) is 0.0544. The van der Waals surface area contributed by atoms with Gasteiger partial charge in [-0.15, -0.1) is 0 Å². The average molecular weight is 266 g/mol. The molecule has 0 spiro atoms. The van der Waals surface area contributed by atoms with Crippen molar-refractivity contribution in [3.63, 3.8) is 0 Å². The Bertz CT molecular complexity index is 426. The first-order chi connectivity index (χ1) is 9.16. The molecule has 1 heterocycles. The number of aliphatic hydroxyl groups is 1. The molecule has 1 aliphatic carbocycles. The monoisotopic (exact) mass is 266 g/mol. The molecule has 3 N–H and O–H groups in total. The first-order valence-corrected chi connectivity index (χ1v) is 6.43. The summed E-state index contributed by atoms with van der Waals surface area (Å²) in [6.07, 6.45) is 3.23. The number of hydrogen-bond donors (Lipinski definition) is 3. The van der Waals surface area contributed by atoms with Crippen LogP contribution in [-0.4, -0.2) is 36.1 Å². The number of rotatable bonds is 7. The van der Waals surface area contributed by atoms with Gasteiger partial charge in [0.05, 0.1) is 12.4 Å². The van der Waals surface area contributed by atoms with Crippen LogP contribution < -0.4 is 10.6 Å². The van der Waals surface area contributed by atoms with Gasteiger partial charge in [-0.2, -0.15) is 0 Å². The van der Waals surface area contributed by atoms with Crippen LogP contribution in [0.1, 0.15) is 29.8 Å². The molecule has 1 fully saturated rings. The van der Waals surface area contributed by atoms with Crippen LogP contribution in [0.2, 0.25) is 0 Å². The Balaban J connectivity index is 1.57. The average Bonchev–Trinajstić information content (AvgIpc) is 3.10. The predicted octanol–water partition coefficient (Wildman–Crippen LogP) is 0.287. The molecule has 1 aromatic heterocycles. The molecular formula is C13H18N2O4. The fourth-order valence-corrected chi connectivity index (χ4v) is 1.74. The number of amides is 2. The third-order valence-electron chi connectivity index (χ3n) is 3.06. The lowest BCUT2D eigenvalue weighted by Crippen LogP contribution is -2.35. The van der Waals surface area contributed by atoms with E-state index in [0.29, 0.717) is 5.92 Å². The molecule has 6 nitrogen and oxygen atoms in total. The van der Waals surface area contributed by atoms with E-state index < -0.39 is 6.10 Å². The highest BCUT2D eigenvalue weighted by Gasteiger charge is 2.29. The van der Waals surface area contributed by atoms with Gasteiger partial charge in [-0.3, -0.25) is 9.59 Å². The Kier molecular flexibility index (Phi) is 4.57. The minimum absolute atomic E-state index is 0.181. The van der Waals surface area contributed by atoms with Crippen LogP contribution in [0.3, 0.4) is 0 Å². The Morgan fingerprint density at radius 1 is 1.42 bits per heavy atom. The Morgan fingerprint density at radius 2 is 2.21 bits per heavy atom. The highest BCUT2D eigenvalue weighted by atomic mass is 16.3. The van der Waals surface area contributed by atoms with E-state index in [1.165, 1.54) is 6.26 Å².